The molecule has 4 aromatic rings. The fourth-order valence-electron chi connectivity index (χ4n) is 2.90. The Balaban J connectivity index is 1.49. The van der Waals surface area contributed by atoms with E-state index >= 15 is 0 Å². The van der Waals surface area contributed by atoms with Crippen LogP contribution < -0.4 is 4.57 Å². The Kier molecular flexibility index (Phi) is 4.48. The Hall–Kier alpha value is -3.40. The Morgan fingerprint density at radius 1 is 1.04 bits per heavy atom. The Morgan fingerprint density at radius 3 is 2.62 bits per heavy atom. The summed E-state index contributed by atoms with van der Waals surface area (Å²) in [7, 11) is 0. The summed E-state index contributed by atoms with van der Waals surface area (Å²) in [6, 6.07) is 18.3. The van der Waals surface area contributed by atoms with Crippen molar-refractivity contribution in [2.75, 3.05) is 0 Å². The first kappa shape index (κ1) is 16.1. The summed E-state index contributed by atoms with van der Waals surface area (Å²) < 4.78 is 10.2. The van der Waals surface area contributed by atoms with E-state index in [0.29, 0.717) is 5.89 Å². The first-order valence-corrected chi connectivity index (χ1v) is 8.58. The van der Waals surface area contributed by atoms with Crippen molar-refractivity contribution in [3.63, 3.8) is 0 Å². The van der Waals surface area contributed by atoms with Gasteiger partial charge < -0.3 is 4.42 Å². The molecule has 128 valence electrons. The monoisotopic (exact) mass is 342 g/mol. The van der Waals surface area contributed by atoms with Gasteiger partial charge in [-0.3, -0.25) is 0 Å². The average molecular weight is 342 g/mol. The van der Waals surface area contributed by atoms with Crippen molar-refractivity contribution in [1.82, 2.24) is 9.55 Å². The molecule has 2 heterocycles. The second kappa shape index (κ2) is 7.23. The second-order valence-electron chi connectivity index (χ2n) is 6.16. The smallest absolute Gasteiger partial charge is 0.244 e. The highest BCUT2D eigenvalue weighted by Crippen LogP contribution is 2.26. The standard InChI is InChI=1S/C22H20N3O/c1-2-12-24-13-14-25(17-24)16-18-8-10-20(11-9-18)22-23-15-21(26-22)19-6-4-3-5-7-19/h2-11,13-15,17H,1,12,16H2/q+1. The van der Waals surface area contributed by atoms with Crippen LogP contribution in [0.3, 0.4) is 0 Å². The van der Waals surface area contributed by atoms with Crippen LogP contribution in [-0.4, -0.2) is 9.55 Å². The van der Waals surface area contributed by atoms with Crippen LogP contribution in [0.2, 0.25) is 0 Å². The minimum absolute atomic E-state index is 0.639. The lowest BCUT2D eigenvalue weighted by Crippen LogP contribution is -2.29. The highest BCUT2D eigenvalue weighted by Gasteiger charge is 2.09. The lowest BCUT2D eigenvalue weighted by atomic mass is 10.1. The van der Waals surface area contributed by atoms with E-state index in [1.54, 1.807) is 6.20 Å². The first-order chi connectivity index (χ1) is 12.8. The fourth-order valence-corrected chi connectivity index (χ4v) is 2.90. The van der Waals surface area contributed by atoms with E-state index in [4.69, 9.17) is 4.42 Å². The van der Waals surface area contributed by atoms with Crippen molar-refractivity contribution in [2.24, 2.45) is 0 Å². The summed E-state index contributed by atoms with van der Waals surface area (Å²) in [5.74, 6) is 1.42. The molecule has 0 aliphatic heterocycles. The normalized spacial score (nSPS) is 10.8. The lowest BCUT2D eigenvalue weighted by Gasteiger charge is -2.00. The van der Waals surface area contributed by atoms with E-state index in [9.17, 15) is 0 Å². The summed E-state index contributed by atoms with van der Waals surface area (Å²) in [5.41, 5.74) is 3.23. The molecule has 4 heteroatoms. The molecule has 0 spiro atoms. The Labute approximate surface area is 152 Å². The van der Waals surface area contributed by atoms with Crippen LogP contribution in [0.5, 0.6) is 0 Å². The molecule has 4 nitrogen and oxygen atoms in total. The van der Waals surface area contributed by atoms with E-state index in [1.165, 1.54) is 5.56 Å². The predicted molar refractivity (Wildman–Crippen MR) is 101 cm³/mol. The summed E-state index contributed by atoms with van der Waals surface area (Å²) >= 11 is 0. The number of allylic oxidation sites excluding steroid dienone is 1. The van der Waals surface area contributed by atoms with Gasteiger partial charge in [-0.2, -0.15) is 0 Å². The molecular weight excluding hydrogens is 322 g/mol. The summed E-state index contributed by atoms with van der Waals surface area (Å²) in [4.78, 5) is 4.42. The van der Waals surface area contributed by atoms with E-state index in [2.05, 4.69) is 57.5 Å². The number of rotatable bonds is 6. The Morgan fingerprint density at radius 2 is 1.85 bits per heavy atom. The molecule has 0 saturated heterocycles. The molecule has 0 aliphatic rings. The molecule has 2 aromatic heterocycles. The second-order valence-corrected chi connectivity index (χ2v) is 6.16. The molecular formula is C22H20N3O+. The number of oxazole rings is 1. The van der Waals surface area contributed by atoms with Gasteiger partial charge in [0.05, 0.1) is 6.20 Å². The van der Waals surface area contributed by atoms with Gasteiger partial charge >= 0.3 is 0 Å². The maximum Gasteiger partial charge on any atom is 0.244 e. The lowest BCUT2D eigenvalue weighted by molar-refractivity contribution is -0.686. The van der Waals surface area contributed by atoms with Gasteiger partial charge in [0.25, 0.3) is 0 Å². The van der Waals surface area contributed by atoms with Crippen LogP contribution >= 0.6 is 0 Å². The van der Waals surface area contributed by atoms with Crippen LogP contribution in [0.15, 0.2) is 96.6 Å². The third-order valence-corrected chi connectivity index (χ3v) is 4.22. The van der Waals surface area contributed by atoms with E-state index in [-0.39, 0.29) is 0 Å². The number of aromatic nitrogens is 3. The quantitative estimate of drug-likeness (QED) is 0.386. The van der Waals surface area contributed by atoms with Gasteiger partial charge in [0.2, 0.25) is 12.2 Å². The van der Waals surface area contributed by atoms with Crippen molar-refractivity contribution in [3.8, 4) is 22.8 Å². The molecule has 0 bridgehead atoms. The minimum atomic E-state index is 0.639. The molecule has 26 heavy (non-hydrogen) atoms. The average Bonchev–Trinajstić information content (AvgIpc) is 3.33. The van der Waals surface area contributed by atoms with Crippen LogP contribution in [0.4, 0.5) is 0 Å². The van der Waals surface area contributed by atoms with Crippen molar-refractivity contribution in [1.29, 1.82) is 0 Å². The van der Waals surface area contributed by atoms with Gasteiger partial charge in [0, 0.05) is 11.1 Å². The van der Waals surface area contributed by atoms with Crippen LogP contribution in [0, 0.1) is 0 Å². The molecule has 0 unspecified atom stereocenters. The van der Waals surface area contributed by atoms with Crippen molar-refractivity contribution >= 4 is 0 Å². The van der Waals surface area contributed by atoms with Crippen molar-refractivity contribution in [3.05, 3.63) is 97.7 Å². The number of benzene rings is 2. The molecule has 0 radical (unpaired) electrons. The van der Waals surface area contributed by atoms with Gasteiger partial charge in [-0.05, 0) is 17.7 Å². The highest BCUT2D eigenvalue weighted by molar-refractivity contribution is 5.61. The van der Waals surface area contributed by atoms with Gasteiger partial charge in [0.1, 0.15) is 25.5 Å². The van der Waals surface area contributed by atoms with Crippen LogP contribution in [-0.2, 0) is 13.1 Å². The zero-order chi connectivity index (χ0) is 17.8. The number of nitrogens with zero attached hydrogens (tertiary/aromatic N) is 3. The fraction of sp³-hybridized carbons (Fsp3) is 0.0909. The van der Waals surface area contributed by atoms with E-state index in [0.717, 1.165) is 30.0 Å². The summed E-state index contributed by atoms with van der Waals surface area (Å²) in [6.07, 6.45) is 9.86. The maximum absolute atomic E-state index is 5.92. The first-order valence-electron chi connectivity index (χ1n) is 8.58. The summed E-state index contributed by atoms with van der Waals surface area (Å²) in [5, 5.41) is 0. The van der Waals surface area contributed by atoms with Crippen molar-refractivity contribution < 1.29 is 8.98 Å². The van der Waals surface area contributed by atoms with Gasteiger partial charge in [-0.15, -0.1) is 0 Å². The van der Waals surface area contributed by atoms with Crippen LogP contribution in [0.25, 0.3) is 22.8 Å². The number of hydrogen-bond donors (Lipinski definition) is 0. The van der Waals surface area contributed by atoms with Crippen molar-refractivity contribution in [2.45, 2.75) is 13.1 Å². The SMILES string of the molecule is C=CC[n+]1ccn(Cc2ccc(-c3ncc(-c4ccccc4)o3)cc2)c1. The molecule has 4 rings (SSSR count). The topological polar surface area (TPSA) is 34.8 Å². The molecule has 0 aliphatic carbocycles. The molecule has 0 saturated carbocycles. The highest BCUT2D eigenvalue weighted by atomic mass is 16.4. The van der Waals surface area contributed by atoms with E-state index in [1.807, 2.05) is 42.6 Å². The largest absolute Gasteiger partial charge is 0.436 e. The number of imidazole rings is 1. The Bertz CT molecular complexity index is 997. The summed E-state index contributed by atoms with van der Waals surface area (Å²) in [6.45, 7) is 5.41. The molecule has 0 atom stereocenters. The molecule has 2 aromatic carbocycles. The van der Waals surface area contributed by atoms with Crippen LogP contribution in [0.1, 0.15) is 5.56 Å². The zero-order valence-corrected chi connectivity index (χ0v) is 14.5. The van der Waals surface area contributed by atoms with Gasteiger partial charge in [-0.1, -0.05) is 55.1 Å². The van der Waals surface area contributed by atoms with Gasteiger partial charge in [-0.25, -0.2) is 14.1 Å². The number of hydrogen-bond acceptors (Lipinski definition) is 2. The van der Waals surface area contributed by atoms with E-state index < -0.39 is 0 Å². The maximum atomic E-state index is 5.92. The third-order valence-electron chi connectivity index (χ3n) is 4.22. The minimum Gasteiger partial charge on any atom is -0.436 e. The zero-order valence-electron chi connectivity index (χ0n) is 14.5. The van der Waals surface area contributed by atoms with Gasteiger partial charge in [0.15, 0.2) is 5.76 Å². The predicted octanol–water partition coefficient (Wildman–Crippen LogP) is 4.33. The molecule has 0 amide bonds. The molecule has 0 fully saturated rings. The molecule has 0 N–H and O–H groups in total. The third kappa shape index (κ3) is 3.49.